The van der Waals surface area contributed by atoms with Crippen LogP contribution in [0.5, 0.6) is 0 Å². The van der Waals surface area contributed by atoms with E-state index in [1.807, 2.05) is 6.92 Å². The zero-order valence-corrected chi connectivity index (χ0v) is 19.4. The van der Waals surface area contributed by atoms with Gasteiger partial charge in [-0.2, -0.15) is 0 Å². The summed E-state index contributed by atoms with van der Waals surface area (Å²) < 4.78 is 22.9. The lowest BCUT2D eigenvalue weighted by Gasteiger charge is -2.41. The maximum atomic E-state index is 13.0. The minimum Gasteiger partial charge on any atom is -0.481 e. The highest BCUT2D eigenvalue weighted by Gasteiger charge is 2.53. The molecule has 10 heteroatoms. The van der Waals surface area contributed by atoms with Gasteiger partial charge in [0.2, 0.25) is 5.91 Å². The fourth-order valence-electron chi connectivity index (χ4n) is 2.81. The molecule has 0 aromatic rings. The van der Waals surface area contributed by atoms with Gasteiger partial charge in [0, 0.05) is 25.4 Å². The second kappa shape index (κ2) is 13.5. The van der Waals surface area contributed by atoms with E-state index >= 15 is 0 Å². The second-order valence-electron chi connectivity index (χ2n) is 6.33. The number of rotatable bonds is 15. The molecule has 0 spiro atoms. The van der Waals surface area contributed by atoms with E-state index in [-0.39, 0.29) is 18.7 Å². The van der Waals surface area contributed by atoms with Crippen molar-refractivity contribution in [2.75, 3.05) is 33.0 Å². The standard InChI is InChI=1S/C19H35NO8Si/c1-8-16(29(26-9-2,27-10-3)28-11-4)20(17(21)15(7)18(22)23)12-13-25-19(24)14(5)6/h15-16H,5,8-13H2,1-4,6-7H3,(H,22,23). The monoisotopic (exact) mass is 433 g/mol. The van der Waals surface area contributed by atoms with Gasteiger partial charge in [-0.3, -0.25) is 9.59 Å². The molecule has 2 atom stereocenters. The largest absolute Gasteiger partial charge is 0.524 e. The summed E-state index contributed by atoms with van der Waals surface area (Å²) >= 11 is 0. The van der Waals surface area contributed by atoms with Crippen LogP contribution < -0.4 is 0 Å². The predicted molar refractivity (Wildman–Crippen MR) is 109 cm³/mol. The lowest BCUT2D eigenvalue weighted by molar-refractivity contribution is -0.153. The first-order valence-electron chi connectivity index (χ1n) is 9.89. The van der Waals surface area contributed by atoms with Gasteiger partial charge >= 0.3 is 20.7 Å². The van der Waals surface area contributed by atoms with Crippen LogP contribution in [0.1, 0.15) is 48.0 Å². The third-order valence-electron chi connectivity index (χ3n) is 4.15. The number of esters is 1. The molecule has 0 radical (unpaired) electrons. The fraction of sp³-hybridized carbons (Fsp3) is 0.737. The molecule has 1 N–H and O–H groups in total. The topological polar surface area (TPSA) is 112 Å². The minimum absolute atomic E-state index is 0.0179. The van der Waals surface area contributed by atoms with Gasteiger partial charge in [0.25, 0.3) is 0 Å². The number of nitrogens with zero attached hydrogens (tertiary/aromatic N) is 1. The maximum absolute atomic E-state index is 13.0. The Kier molecular flexibility index (Phi) is 12.7. The van der Waals surface area contributed by atoms with Crippen LogP contribution in [-0.2, 0) is 32.4 Å². The summed E-state index contributed by atoms with van der Waals surface area (Å²) in [6.45, 7) is 14.4. The number of carbonyl (C=O) groups is 3. The van der Waals surface area contributed by atoms with Gasteiger partial charge < -0.3 is 28.0 Å². The summed E-state index contributed by atoms with van der Waals surface area (Å²) in [4.78, 5) is 37.5. The number of amides is 1. The normalized spacial score (nSPS) is 13.4. The smallest absolute Gasteiger partial charge is 0.481 e. The molecule has 0 bridgehead atoms. The molecule has 0 heterocycles. The predicted octanol–water partition coefficient (Wildman–Crippen LogP) is 2.02. The number of carboxylic acids is 1. The minimum atomic E-state index is -3.38. The van der Waals surface area contributed by atoms with Crippen LogP contribution in [-0.4, -0.2) is 75.3 Å². The summed E-state index contributed by atoms with van der Waals surface area (Å²) in [5.41, 5.74) is -0.393. The summed E-state index contributed by atoms with van der Waals surface area (Å²) in [6.07, 6.45) is 0.415. The summed E-state index contributed by atoms with van der Waals surface area (Å²) in [6, 6.07) is 0. The van der Waals surface area contributed by atoms with Crippen molar-refractivity contribution in [3.63, 3.8) is 0 Å². The van der Waals surface area contributed by atoms with Crippen LogP contribution in [0.15, 0.2) is 12.2 Å². The number of hydrogen-bond acceptors (Lipinski definition) is 7. The van der Waals surface area contributed by atoms with Crippen LogP contribution >= 0.6 is 0 Å². The molecule has 0 rings (SSSR count). The Morgan fingerprint density at radius 3 is 1.86 bits per heavy atom. The summed E-state index contributed by atoms with van der Waals surface area (Å²) in [5.74, 6) is -3.73. The van der Waals surface area contributed by atoms with Crippen LogP contribution in [0, 0.1) is 5.92 Å². The van der Waals surface area contributed by atoms with Crippen LogP contribution in [0.4, 0.5) is 0 Å². The highest BCUT2D eigenvalue weighted by molar-refractivity contribution is 6.62. The van der Waals surface area contributed by atoms with Crippen molar-refractivity contribution in [1.29, 1.82) is 0 Å². The molecule has 9 nitrogen and oxygen atoms in total. The fourth-order valence-corrected chi connectivity index (χ4v) is 5.98. The van der Waals surface area contributed by atoms with Gasteiger partial charge in [-0.15, -0.1) is 0 Å². The zero-order chi connectivity index (χ0) is 22.6. The molecular weight excluding hydrogens is 398 g/mol. The second-order valence-corrected chi connectivity index (χ2v) is 9.07. The molecule has 0 aliphatic heterocycles. The Morgan fingerprint density at radius 2 is 1.52 bits per heavy atom. The van der Waals surface area contributed by atoms with Gasteiger partial charge in [-0.05, 0) is 41.0 Å². The first-order chi connectivity index (χ1) is 13.6. The Labute approximate surface area is 174 Å². The summed E-state index contributed by atoms with van der Waals surface area (Å²) in [7, 11) is -3.38. The molecule has 0 aromatic carbocycles. The van der Waals surface area contributed by atoms with Crippen molar-refractivity contribution in [3.8, 4) is 0 Å². The quantitative estimate of drug-likeness (QED) is 0.181. The Hall–Kier alpha value is -1.75. The molecule has 0 fully saturated rings. The van der Waals surface area contributed by atoms with E-state index in [9.17, 15) is 19.5 Å². The third kappa shape index (κ3) is 7.88. The molecule has 168 valence electrons. The van der Waals surface area contributed by atoms with E-state index in [2.05, 4.69) is 6.58 Å². The van der Waals surface area contributed by atoms with Crippen molar-refractivity contribution in [3.05, 3.63) is 12.2 Å². The lowest BCUT2D eigenvalue weighted by Crippen LogP contribution is -2.65. The van der Waals surface area contributed by atoms with Gasteiger partial charge in [0.05, 0.1) is 6.54 Å². The first kappa shape index (κ1) is 27.2. The van der Waals surface area contributed by atoms with E-state index in [1.165, 1.54) is 18.7 Å². The zero-order valence-electron chi connectivity index (χ0n) is 18.4. The van der Waals surface area contributed by atoms with Crippen molar-refractivity contribution in [1.82, 2.24) is 4.90 Å². The van der Waals surface area contributed by atoms with Crippen LogP contribution in [0.25, 0.3) is 0 Å². The number of carbonyl (C=O) groups excluding carboxylic acids is 2. The van der Waals surface area contributed by atoms with Crippen molar-refractivity contribution in [2.45, 2.75) is 53.6 Å². The lowest BCUT2D eigenvalue weighted by atomic mass is 10.1. The Balaban J connectivity index is 5.96. The Bertz CT molecular complexity index is 551. The number of aliphatic carboxylic acids is 1. The molecule has 0 saturated carbocycles. The number of ether oxygens (including phenoxy) is 1. The average Bonchev–Trinajstić information content (AvgIpc) is 2.66. The molecule has 2 unspecified atom stereocenters. The average molecular weight is 434 g/mol. The van der Waals surface area contributed by atoms with E-state index in [0.29, 0.717) is 26.2 Å². The molecule has 0 aromatic heterocycles. The highest BCUT2D eigenvalue weighted by atomic mass is 28.4. The van der Waals surface area contributed by atoms with E-state index in [4.69, 9.17) is 18.0 Å². The highest BCUT2D eigenvalue weighted by Crippen LogP contribution is 2.24. The number of carboxylic acid groups (broad SMARTS) is 1. The molecule has 1 amide bonds. The molecular formula is C19H35NO8Si. The van der Waals surface area contributed by atoms with Gasteiger partial charge in [-0.25, -0.2) is 4.79 Å². The SMILES string of the molecule is C=C(C)C(=O)OCCN(C(=O)C(C)C(=O)O)C(CC)[Si](OCC)(OCC)OCC. The number of hydrogen-bond donors (Lipinski definition) is 1. The summed E-state index contributed by atoms with van der Waals surface area (Å²) in [5, 5.41) is 9.33. The molecule has 0 aliphatic carbocycles. The van der Waals surface area contributed by atoms with Gasteiger partial charge in [0.1, 0.15) is 18.2 Å². The van der Waals surface area contributed by atoms with Crippen molar-refractivity contribution >= 4 is 26.7 Å². The van der Waals surface area contributed by atoms with E-state index in [1.54, 1.807) is 20.8 Å². The van der Waals surface area contributed by atoms with E-state index < -0.39 is 38.2 Å². The van der Waals surface area contributed by atoms with Gasteiger partial charge in [-0.1, -0.05) is 13.5 Å². The molecule has 29 heavy (non-hydrogen) atoms. The maximum Gasteiger partial charge on any atom is 0.524 e. The first-order valence-corrected chi connectivity index (χ1v) is 11.7. The van der Waals surface area contributed by atoms with Crippen molar-refractivity contribution in [2.24, 2.45) is 5.92 Å². The van der Waals surface area contributed by atoms with Crippen LogP contribution in [0.2, 0.25) is 0 Å². The van der Waals surface area contributed by atoms with Crippen LogP contribution in [0.3, 0.4) is 0 Å². The van der Waals surface area contributed by atoms with Crippen molar-refractivity contribution < 1.29 is 37.5 Å². The van der Waals surface area contributed by atoms with Gasteiger partial charge in [0.15, 0.2) is 0 Å². The third-order valence-corrected chi connectivity index (χ3v) is 7.75. The Morgan fingerprint density at radius 1 is 1.03 bits per heavy atom. The molecule has 0 saturated heterocycles. The van der Waals surface area contributed by atoms with E-state index in [0.717, 1.165) is 0 Å². The molecule has 0 aliphatic rings.